The molecule has 2 nitrogen and oxygen atoms in total. The number of fused-ring (bicyclic) bond motifs is 1. The molecule has 0 spiro atoms. The molecule has 0 atom stereocenters. The predicted octanol–water partition coefficient (Wildman–Crippen LogP) is 3.25. The fourth-order valence-corrected chi connectivity index (χ4v) is 4.69. The predicted molar refractivity (Wildman–Crippen MR) is 99.3 cm³/mol. The Balaban J connectivity index is 2.01. The molecule has 0 aliphatic heterocycles. The van der Waals surface area contributed by atoms with Gasteiger partial charge in [0.15, 0.2) is 0 Å². The van der Waals surface area contributed by atoms with E-state index in [9.17, 15) is 9.18 Å². The summed E-state index contributed by atoms with van der Waals surface area (Å²) in [5.74, 6) is -0.0725. The van der Waals surface area contributed by atoms with Gasteiger partial charge in [-0.25, -0.2) is 0 Å². The summed E-state index contributed by atoms with van der Waals surface area (Å²) < 4.78 is 21.9. The molecule has 4 aromatic rings. The molecule has 0 saturated carbocycles. The van der Waals surface area contributed by atoms with Crippen LogP contribution >= 0.6 is 0 Å². The molecule has 0 saturated heterocycles. The van der Waals surface area contributed by atoms with Crippen molar-refractivity contribution in [2.45, 2.75) is 0 Å². The molecule has 0 unspecified atom stereocenters. The zero-order valence-electron chi connectivity index (χ0n) is 13.1. The normalized spacial score (nSPS) is 10.9. The van der Waals surface area contributed by atoms with Crippen molar-refractivity contribution >= 4 is 34.8 Å². The van der Waals surface area contributed by atoms with Gasteiger partial charge in [0, 0.05) is 0 Å². The average Bonchev–Trinajstić information content (AvgIpc) is 2.65. The minimum absolute atomic E-state index is 0.0936. The van der Waals surface area contributed by atoms with Crippen LogP contribution in [0.1, 0.15) is 0 Å². The van der Waals surface area contributed by atoms with Crippen LogP contribution in [0.4, 0.5) is 4.39 Å². The van der Waals surface area contributed by atoms with Crippen LogP contribution in [0.5, 0.6) is 0 Å². The van der Waals surface area contributed by atoms with Crippen molar-refractivity contribution in [1.29, 1.82) is 0 Å². The van der Waals surface area contributed by atoms with Crippen LogP contribution in [-0.4, -0.2) is 15.0 Å². The van der Waals surface area contributed by atoms with Gasteiger partial charge in [-0.2, -0.15) is 0 Å². The molecule has 3 aromatic carbocycles. The Hall–Kier alpha value is -2.68. The molecule has 4 rings (SSSR count). The SMILES string of the molecule is O=c1c([Se]c2ccccc2)c(-c2ccccc2F)oc2ccccc12. The number of para-hydroxylation sites is 1. The van der Waals surface area contributed by atoms with Crippen molar-refractivity contribution in [3.8, 4) is 11.3 Å². The van der Waals surface area contributed by atoms with E-state index in [1.54, 1.807) is 42.5 Å². The van der Waals surface area contributed by atoms with Crippen LogP contribution in [0.25, 0.3) is 22.3 Å². The van der Waals surface area contributed by atoms with Crippen LogP contribution in [0.15, 0.2) is 88.1 Å². The maximum atomic E-state index is 14.4. The van der Waals surface area contributed by atoms with Crippen molar-refractivity contribution < 1.29 is 8.81 Å². The van der Waals surface area contributed by atoms with E-state index in [-0.39, 0.29) is 20.4 Å². The second kappa shape index (κ2) is 6.67. The van der Waals surface area contributed by atoms with E-state index in [1.807, 2.05) is 30.3 Å². The van der Waals surface area contributed by atoms with Crippen molar-refractivity contribution in [2.24, 2.45) is 0 Å². The summed E-state index contributed by atoms with van der Waals surface area (Å²) >= 11 is -0.288. The number of hydrogen-bond donors (Lipinski definition) is 0. The minimum atomic E-state index is -0.397. The van der Waals surface area contributed by atoms with E-state index in [0.717, 1.165) is 4.46 Å². The molecular weight excluding hydrogens is 382 g/mol. The molecule has 1 heterocycles. The van der Waals surface area contributed by atoms with Gasteiger partial charge in [-0.15, -0.1) is 0 Å². The first-order valence-corrected chi connectivity index (χ1v) is 9.49. The molecule has 0 amide bonds. The fourth-order valence-electron chi connectivity index (χ4n) is 2.65. The molecule has 0 bridgehead atoms. The van der Waals surface area contributed by atoms with Crippen LogP contribution in [0.3, 0.4) is 0 Å². The van der Waals surface area contributed by atoms with E-state index in [1.165, 1.54) is 6.07 Å². The Morgan fingerprint density at radius 3 is 2.28 bits per heavy atom. The Morgan fingerprint density at radius 2 is 1.48 bits per heavy atom. The molecule has 0 aliphatic rings. The summed E-state index contributed by atoms with van der Waals surface area (Å²) in [7, 11) is 0. The van der Waals surface area contributed by atoms with Gasteiger partial charge in [-0.3, -0.25) is 0 Å². The van der Waals surface area contributed by atoms with Crippen LogP contribution in [0.2, 0.25) is 0 Å². The summed E-state index contributed by atoms with van der Waals surface area (Å²) in [4.78, 5) is 13.1. The Bertz CT molecular complexity index is 1100. The van der Waals surface area contributed by atoms with E-state index in [0.29, 0.717) is 26.8 Å². The zero-order valence-corrected chi connectivity index (χ0v) is 14.8. The van der Waals surface area contributed by atoms with Crippen molar-refractivity contribution in [2.75, 3.05) is 0 Å². The van der Waals surface area contributed by atoms with Gasteiger partial charge < -0.3 is 0 Å². The Morgan fingerprint density at radius 1 is 0.800 bits per heavy atom. The quantitative estimate of drug-likeness (QED) is 0.499. The van der Waals surface area contributed by atoms with Crippen molar-refractivity contribution in [3.05, 3.63) is 94.9 Å². The third-order valence-electron chi connectivity index (χ3n) is 3.84. The van der Waals surface area contributed by atoms with Gasteiger partial charge in [0.2, 0.25) is 0 Å². The molecule has 25 heavy (non-hydrogen) atoms. The molecule has 0 fully saturated rings. The second-order valence-corrected chi connectivity index (χ2v) is 7.75. The van der Waals surface area contributed by atoms with Gasteiger partial charge in [0.25, 0.3) is 0 Å². The summed E-state index contributed by atoms with van der Waals surface area (Å²) in [6.07, 6.45) is 0. The van der Waals surface area contributed by atoms with E-state index >= 15 is 0 Å². The third kappa shape index (κ3) is 3.02. The molecule has 4 heteroatoms. The molecule has 0 aliphatic carbocycles. The fraction of sp³-hybridized carbons (Fsp3) is 0. The van der Waals surface area contributed by atoms with Crippen LogP contribution in [-0.2, 0) is 0 Å². The summed E-state index contributed by atoms with van der Waals surface area (Å²) in [6.45, 7) is 0. The molecule has 122 valence electrons. The number of hydrogen-bond acceptors (Lipinski definition) is 2. The van der Waals surface area contributed by atoms with Gasteiger partial charge in [-0.1, -0.05) is 0 Å². The van der Waals surface area contributed by atoms with Gasteiger partial charge in [0.1, 0.15) is 0 Å². The number of benzene rings is 3. The zero-order chi connectivity index (χ0) is 17.2. The molecular formula is C21H13FO2Se. The standard InChI is InChI=1S/C21H13FO2Se/c22-17-12-6-4-10-15(17)20-21(25-14-8-2-1-3-9-14)19(23)16-11-5-7-13-18(16)24-20/h1-13H. The van der Waals surface area contributed by atoms with E-state index in [4.69, 9.17) is 4.42 Å². The van der Waals surface area contributed by atoms with E-state index < -0.39 is 5.82 Å². The van der Waals surface area contributed by atoms with Gasteiger partial charge >= 0.3 is 150 Å². The first kappa shape index (κ1) is 15.8. The van der Waals surface area contributed by atoms with Crippen LogP contribution in [0, 0.1) is 5.82 Å². The van der Waals surface area contributed by atoms with Crippen LogP contribution < -0.4 is 14.4 Å². The third-order valence-corrected chi connectivity index (χ3v) is 6.11. The summed E-state index contributed by atoms with van der Waals surface area (Å²) in [5, 5.41) is 0.524. The topological polar surface area (TPSA) is 30.2 Å². The average molecular weight is 395 g/mol. The number of rotatable bonds is 3. The number of halogens is 1. The monoisotopic (exact) mass is 396 g/mol. The maximum absolute atomic E-state index is 14.4. The molecule has 0 N–H and O–H groups in total. The first-order valence-electron chi connectivity index (χ1n) is 7.77. The Labute approximate surface area is 150 Å². The Kier molecular flexibility index (Phi) is 4.22. The molecule has 0 radical (unpaired) electrons. The second-order valence-electron chi connectivity index (χ2n) is 5.48. The van der Waals surface area contributed by atoms with Gasteiger partial charge in [-0.05, 0) is 0 Å². The summed E-state index contributed by atoms with van der Waals surface area (Å²) in [5.41, 5.74) is 0.695. The van der Waals surface area contributed by atoms with Gasteiger partial charge in [0.05, 0.1) is 0 Å². The summed E-state index contributed by atoms with van der Waals surface area (Å²) in [6, 6.07) is 23.2. The van der Waals surface area contributed by atoms with E-state index in [2.05, 4.69) is 0 Å². The first-order chi connectivity index (χ1) is 12.2. The van der Waals surface area contributed by atoms with Crippen molar-refractivity contribution in [1.82, 2.24) is 0 Å². The molecule has 1 aromatic heterocycles. The van der Waals surface area contributed by atoms with Crippen molar-refractivity contribution in [3.63, 3.8) is 0 Å².